The molecule has 152 valence electrons. The topological polar surface area (TPSA) is 111 Å². The van der Waals surface area contributed by atoms with Gasteiger partial charge in [0.25, 0.3) is 11.8 Å². The Balaban J connectivity index is 1.82. The maximum atomic E-state index is 12.0. The molecule has 0 saturated heterocycles. The van der Waals surface area contributed by atoms with Gasteiger partial charge in [0.15, 0.2) is 6.61 Å². The van der Waals surface area contributed by atoms with Crippen LogP contribution in [0.15, 0.2) is 42.5 Å². The summed E-state index contributed by atoms with van der Waals surface area (Å²) in [5, 5.41) is 5.01. The van der Waals surface area contributed by atoms with Gasteiger partial charge >= 0.3 is 11.9 Å². The van der Waals surface area contributed by atoms with Gasteiger partial charge in [-0.3, -0.25) is 14.4 Å². The second kappa shape index (κ2) is 10.0. The molecule has 0 bridgehead atoms. The molecular formula is C21H22N2O6. The molecule has 0 unspecified atom stereocenters. The molecule has 0 atom stereocenters. The Labute approximate surface area is 168 Å². The molecule has 8 heteroatoms. The van der Waals surface area contributed by atoms with Crippen LogP contribution in [0.5, 0.6) is 0 Å². The molecule has 2 amide bonds. The Morgan fingerprint density at radius 2 is 1.72 bits per heavy atom. The third kappa shape index (κ3) is 6.46. The van der Waals surface area contributed by atoms with Gasteiger partial charge in [0.05, 0.1) is 12.7 Å². The zero-order chi connectivity index (χ0) is 21.4. The summed E-state index contributed by atoms with van der Waals surface area (Å²) in [6.45, 7) is 2.72. The van der Waals surface area contributed by atoms with E-state index in [1.54, 1.807) is 37.3 Å². The van der Waals surface area contributed by atoms with Crippen LogP contribution in [0.25, 0.3) is 0 Å². The van der Waals surface area contributed by atoms with E-state index in [9.17, 15) is 19.2 Å². The molecule has 0 aromatic heterocycles. The van der Waals surface area contributed by atoms with E-state index < -0.39 is 30.4 Å². The van der Waals surface area contributed by atoms with Gasteiger partial charge in [0.2, 0.25) is 0 Å². The summed E-state index contributed by atoms with van der Waals surface area (Å²) < 4.78 is 9.51. The zero-order valence-electron chi connectivity index (χ0n) is 16.4. The van der Waals surface area contributed by atoms with Gasteiger partial charge in [-0.1, -0.05) is 23.8 Å². The van der Waals surface area contributed by atoms with Crippen molar-refractivity contribution in [3.8, 4) is 0 Å². The molecule has 2 aromatic carbocycles. The maximum absolute atomic E-state index is 12.0. The van der Waals surface area contributed by atoms with Crippen molar-refractivity contribution < 1.29 is 28.7 Å². The Bertz CT molecular complexity index is 939. The van der Waals surface area contributed by atoms with Crippen molar-refractivity contribution in [2.75, 3.05) is 25.6 Å². The minimum Gasteiger partial charge on any atom is -0.465 e. The van der Waals surface area contributed by atoms with E-state index in [2.05, 4.69) is 15.4 Å². The molecule has 0 saturated carbocycles. The number of esters is 2. The first-order valence-electron chi connectivity index (χ1n) is 8.79. The molecule has 2 N–H and O–H groups in total. The summed E-state index contributed by atoms with van der Waals surface area (Å²) in [4.78, 5) is 47.4. The second-order valence-corrected chi connectivity index (χ2v) is 6.28. The second-order valence-electron chi connectivity index (χ2n) is 6.28. The molecule has 0 radical (unpaired) electrons. The number of carbonyl (C=O) groups excluding carboxylic acids is 4. The SMILES string of the molecule is COC(=O)c1ccc(C)c(NC(=O)COC(=O)CNC(=O)c2cccc(C)c2)c1. The van der Waals surface area contributed by atoms with Crippen LogP contribution in [0.3, 0.4) is 0 Å². The van der Waals surface area contributed by atoms with Crippen LogP contribution < -0.4 is 10.6 Å². The normalized spacial score (nSPS) is 10.0. The van der Waals surface area contributed by atoms with Gasteiger partial charge < -0.3 is 20.1 Å². The highest BCUT2D eigenvalue weighted by atomic mass is 16.5. The largest absolute Gasteiger partial charge is 0.465 e. The van der Waals surface area contributed by atoms with Crippen LogP contribution in [0, 0.1) is 13.8 Å². The number of hydrogen-bond acceptors (Lipinski definition) is 6. The number of amides is 2. The monoisotopic (exact) mass is 398 g/mol. The maximum Gasteiger partial charge on any atom is 0.337 e. The van der Waals surface area contributed by atoms with Crippen molar-refractivity contribution in [3.63, 3.8) is 0 Å². The number of nitrogens with one attached hydrogen (secondary N) is 2. The number of benzene rings is 2. The van der Waals surface area contributed by atoms with Crippen LogP contribution in [0.2, 0.25) is 0 Å². The van der Waals surface area contributed by atoms with Crippen molar-refractivity contribution in [3.05, 3.63) is 64.7 Å². The first-order valence-corrected chi connectivity index (χ1v) is 8.79. The van der Waals surface area contributed by atoms with E-state index >= 15 is 0 Å². The fraction of sp³-hybridized carbons (Fsp3) is 0.238. The summed E-state index contributed by atoms with van der Waals surface area (Å²) >= 11 is 0. The molecule has 2 aromatic rings. The summed E-state index contributed by atoms with van der Waals surface area (Å²) in [7, 11) is 1.26. The number of ether oxygens (including phenoxy) is 2. The van der Waals surface area contributed by atoms with Crippen molar-refractivity contribution in [1.29, 1.82) is 0 Å². The van der Waals surface area contributed by atoms with Crippen LogP contribution in [-0.2, 0) is 19.1 Å². The molecule has 2 rings (SSSR count). The quantitative estimate of drug-likeness (QED) is 0.690. The first-order chi connectivity index (χ1) is 13.8. The van der Waals surface area contributed by atoms with Gasteiger partial charge in [0, 0.05) is 11.3 Å². The van der Waals surface area contributed by atoms with Crippen LogP contribution >= 0.6 is 0 Å². The minimum absolute atomic E-state index is 0.282. The Kier molecular flexibility index (Phi) is 7.47. The highest BCUT2D eigenvalue weighted by Crippen LogP contribution is 2.17. The van der Waals surface area contributed by atoms with E-state index in [1.807, 2.05) is 13.0 Å². The van der Waals surface area contributed by atoms with Gasteiger partial charge in [-0.05, 0) is 43.7 Å². The fourth-order valence-electron chi connectivity index (χ4n) is 2.43. The molecule has 0 heterocycles. The lowest BCUT2D eigenvalue weighted by atomic mass is 10.1. The van der Waals surface area contributed by atoms with Gasteiger partial charge in [0.1, 0.15) is 6.54 Å². The van der Waals surface area contributed by atoms with E-state index in [4.69, 9.17) is 4.74 Å². The lowest BCUT2D eigenvalue weighted by Gasteiger charge is -2.11. The number of rotatable bonds is 7. The predicted octanol–water partition coefficient (Wildman–Crippen LogP) is 2.00. The van der Waals surface area contributed by atoms with Crippen molar-refractivity contribution in [1.82, 2.24) is 5.32 Å². The highest BCUT2D eigenvalue weighted by molar-refractivity contribution is 5.97. The third-order valence-corrected chi connectivity index (χ3v) is 3.97. The molecule has 0 fully saturated rings. The Morgan fingerprint density at radius 3 is 2.41 bits per heavy atom. The molecule has 0 aliphatic rings. The van der Waals surface area contributed by atoms with Crippen molar-refractivity contribution in [2.24, 2.45) is 0 Å². The smallest absolute Gasteiger partial charge is 0.337 e. The Morgan fingerprint density at radius 1 is 0.966 bits per heavy atom. The molecule has 0 aliphatic carbocycles. The van der Waals surface area contributed by atoms with Crippen LogP contribution in [-0.4, -0.2) is 44.0 Å². The van der Waals surface area contributed by atoms with Crippen molar-refractivity contribution in [2.45, 2.75) is 13.8 Å². The lowest BCUT2D eigenvalue weighted by Crippen LogP contribution is -2.32. The molecule has 0 aliphatic heterocycles. The minimum atomic E-state index is -0.749. The van der Waals surface area contributed by atoms with Gasteiger partial charge in [-0.25, -0.2) is 4.79 Å². The van der Waals surface area contributed by atoms with Crippen LogP contribution in [0.1, 0.15) is 31.8 Å². The molecule has 0 spiro atoms. The highest BCUT2D eigenvalue weighted by Gasteiger charge is 2.13. The van der Waals surface area contributed by atoms with E-state index in [-0.39, 0.29) is 12.1 Å². The number of anilines is 1. The zero-order valence-corrected chi connectivity index (χ0v) is 16.4. The summed E-state index contributed by atoms with van der Waals surface area (Å²) in [5.41, 5.74) is 2.76. The summed E-state index contributed by atoms with van der Waals surface area (Å²) in [6.07, 6.45) is 0. The number of hydrogen-bond donors (Lipinski definition) is 2. The number of aryl methyl sites for hydroxylation is 2. The van der Waals surface area contributed by atoms with Crippen molar-refractivity contribution >= 4 is 29.4 Å². The summed E-state index contributed by atoms with van der Waals surface area (Å²) in [6, 6.07) is 11.6. The number of methoxy groups -OCH3 is 1. The van der Waals surface area contributed by atoms with E-state index in [0.29, 0.717) is 11.3 Å². The average Bonchev–Trinajstić information content (AvgIpc) is 2.71. The predicted molar refractivity (Wildman–Crippen MR) is 106 cm³/mol. The molecule has 8 nitrogen and oxygen atoms in total. The van der Waals surface area contributed by atoms with Gasteiger partial charge in [-0.2, -0.15) is 0 Å². The Hall–Kier alpha value is -3.68. The lowest BCUT2D eigenvalue weighted by molar-refractivity contribution is -0.146. The van der Waals surface area contributed by atoms with Gasteiger partial charge in [-0.15, -0.1) is 0 Å². The fourth-order valence-corrected chi connectivity index (χ4v) is 2.43. The van der Waals surface area contributed by atoms with E-state index in [1.165, 1.54) is 13.2 Å². The van der Waals surface area contributed by atoms with Crippen LogP contribution in [0.4, 0.5) is 5.69 Å². The standard InChI is InChI=1S/C21H22N2O6/c1-13-5-4-6-15(9-13)20(26)22-11-19(25)29-12-18(24)23-17-10-16(21(27)28-3)8-7-14(17)2/h4-10H,11-12H2,1-3H3,(H,22,26)(H,23,24). The summed E-state index contributed by atoms with van der Waals surface area (Å²) in [5.74, 6) is -2.27. The average molecular weight is 398 g/mol. The number of carbonyl (C=O) groups is 4. The molecule has 29 heavy (non-hydrogen) atoms. The first kappa shape index (κ1) is 21.6. The molecular weight excluding hydrogens is 376 g/mol. The third-order valence-electron chi connectivity index (χ3n) is 3.97. The van der Waals surface area contributed by atoms with E-state index in [0.717, 1.165) is 11.1 Å².